The molecule has 0 heterocycles. The molecule has 0 aliphatic carbocycles. The minimum absolute atomic E-state index is 0.253. The number of rotatable bonds is 5. The fraction of sp³-hybridized carbons (Fsp3) is 0.500. The Labute approximate surface area is 91.3 Å². The summed E-state index contributed by atoms with van der Waals surface area (Å²) in [5, 5.41) is 9.29. The highest BCUT2D eigenvalue weighted by Gasteiger charge is 2.03. The first-order valence-corrected chi connectivity index (χ1v) is 5.14. The van der Waals surface area contributed by atoms with Crippen LogP contribution in [0.1, 0.15) is 12.0 Å². The number of phenols is 1. The van der Waals surface area contributed by atoms with Crippen LogP contribution in [0.2, 0.25) is 0 Å². The Morgan fingerprint density at radius 2 is 2.07 bits per heavy atom. The van der Waals surface area contributed by atoms with E-state index in [0.29, 0.717) is 0 Å². The normalized spacial score (nSPS) is 10.7. The molecule has 3 nitrogen and oxygen atoms in total. The average Bonchev–Trinajstić information content (AvgIpc) is 2.19. The molecule has 0 saturated carbocycles. The molecule has 0 saturated heterocycles. The van der Waals surface area contributed by atoms with E-state index in [1.165, 1.54) is 0 Å². The molecule has 0 spiro atoms. The molecule has 1 aromatic carbocycles. The summed E-state index contributed by atoms with van der Waals surface area (Å²) in [5.74, 6) is 1.02. The SMILES string of the molecule is COc1cc(O)ccc1CCCN(C)C. The fourth-order valence-corrected chi connectivity index (χ4v) is 1.53. The van der Waals surface area contributed by atoms with Gasteiger partial charge in [-0.05, 0) is 45.1 Å². The molecule has 0 aliphatic rings. The van der Waals surface area contributed by atoms with Gasteiger partial charge < -0.3 is 14.7 Å². The summed E-state index contributed by atoms with van der Waals surface area (Å²) >= 11 is 0. The van der Waals surface area contributed by atoms with Crippen molar-refractivity contribution in [3.63, 3.8) is 0 Å². The van der Waals surface area contributed by atoms with Crippen LogP contribution in [0.15, 0.2) is 18.2 Å². The van der Waals surface area contributed by atoms with Gasteiger partial charge in [0.25, 0.3) is 0 Å². The second-order valence-corrected chi connectivity index (χ2v) is 3.90. The van der Waals surface area contributed by atoms with Crippen molar-refractivity contribution in [3.05, 3.63) is 23.8 Å². The Balaban J connectivity index is 2.60. The van der Waals surface area contributed by atoms with Gasteiger partial charge in [0.2, 0.25) is 0 Å². The van der Waals surface area contributed by atoms with E-state index in [4.69, 9.17) is 4.74 Å². The molecule has 0 amide bonds. The monoisotopic (exact) mass is 209 g/mol. The van der Waals surface area contributed by atoms with Crippen LogP contribution in [0.25, 0.3) is 0 Å². The van der Waals surface area contributed by atoms with Crippen LogP contribution >= 0.6 is 0 Å². The first-order chi connectivity index (χ1) is 7.13. The van der Waals surface area contributed by atoms with Gasteiger partial charge in [-0.1, -0.05) is 6.07 Å². The number of hydrogen-bond donors (Lipinski definition) is 1. The first kappa shape index (κ1) is 11.9. The summed E-state index contributed by atoms with van der Waals surface area (Å²) in [6, 6.07) is 5.28. The third-order valence-corrected chi connectivity index (χ3v) is 2.32. The number of phenolic OH excluding ortho intramolecular Hbond substituents is 1. The van der Waals surface area contributed by atoms with Crippen LogP contribution in [0, 0.1) is 0 Å². The molecule has 0 aliphatic heterocycles. The summed E-state index contributed by atoms with van der Waals surface area (Å²) in [4.78, 5) is 2.16. The predicted molar refractivity (Wildman–Crippen MR) is 61.5 cm³/mol. The Morgan fingerprint density at radius 3 is 2.67 bits per heavy atom. The van der Waals surface area contributed by atoms with Gasteiger partial charge in [-0.25, -0.2) is 0 Å². The molecule has 0 aromatic heterocycles. The molecule has 84 valence electrons. The second kappa shape index (κ2) is 5.61. The number of ether oxygens (including phenoxy) is 1. The van der Waals surface area contributed by atoms with E-state index >= 15 is 0 Å². The number of aromatic hydroxyl groups is 1. The van der Waals surface area contributed by atoms with Crippen LogP contribution in [-0.4, -0.2) is 37.8 Å². The van der Waals surface area contributed by atoms with Gasteiger partial charge in [-0.15, -0.1) is 0 Å². The van der Waals surface area contributed by atoms with Gasteiger partial charge in [0, 0.05) is 6.07 Å². The van der Waals surface area contributed by atoms with E-state index < -0.39 is 0 Å². The van der Waals surface area contributed by atoms with Crippen LogP contribution in [0.4, 0.5) is 0 Å². The van der Waals surface area contributed by atoms with Gasteiger partial charge in [-0.3, -0.25) is 0 Å². The van der Waals surface area contributed by atoms with Crippen LogP contribution < -0.4 is 4.74 Å². The van der Waals surface area contributed by atoms with E-state index in [1.54, 1.807) is 19.2 Å². The number of hydrogen-bond acceptors (Lipinski definition) is 3. The molecule has 3 heteroatoms. The minimum Gasteiger partial charge on any atom is -0.508 e. The van der Waals surface area contributed by atoms with Crippen molar-refractivity contribution < 1.29 is 9.84 Å². The highest BCUT2D eigenvalue weighted by atomic mass is 16.5. The van der Waals surface area contributed by atoms with Crippen molar-refractivity contribution in [1.82, 2.24) is 4.90 Å². The molecule has 0 atom stereocenters. The Morgan fingerprint density at radius 1 is 1.33 bits per heavy atom. The lowest BCUT2D eigenvalue weighted by Gasteiger charge is -2.11. The lowest BCUT2D eigenvalue weighted by atomic mass is 10.1. The lowest BCUT2D eigenvalue weighted by Crippen LogP contribution is -2.13. The Kier molecular flexibility index (Phi) is 4.43. The molecule has 1 rings (SSSR count). The molecule has 1 N–H and O–H groups in total. The molecule has 0 bridgehead atoms. The maximum absolute atomic E-state index is 9.29. The van der Waals surface area contributed by atoms with Crippen molar-refractivity contribution in [2.75, 3.05) is 27.7 Å². The number of nitrogens with zero attached hydrogens (tertiary/aromatic N) is 1. The van der Waals surface area contributed by atoms with Crippen molar-refractivity contribution in [3.8, 4) is 11.5 Å². The van der Waals surface area contributed by atoms with Crippen molar-refractivity contribution in [1.29, 1.82) is 0 Å². The summed E-state index contributed by atoms with van der Waals surface area (Å²) < 4.78 is 5.21. The quantitative estimate of drug-likeness (QED) is 0.804. The zero-order chi connectivity index (χ0) is 11.3. The fourth-order valence-electron chi connectivity index (χ4n) is 1.53. The van der Waals surface area contributed by atoms with E-state index in [-0.39, 0.29) is 5.75 Å². The van der Waals surface area contributed by atoms with E-state index in [1.807, 2.05) is 6.07 Å². The minimum atomic E-state index is 0.253. The van der Waals surface area contributed by atoms with Crippen molar-refractivity contribution in [2.45, 2.75) is 12.8 Å². The number of aryl methyl sites for hydroxylation is 1. The second-order valence-electron chi connectivity index (χ2n) is 3.90. The lowest BCUT2D eigenvalue weighted by molar-refractivity contribution is 0.388. The maximum Gasteiger partial charge on any atom is 0.125 e. The average molecular weight is 209 g/mol. The highest BCUT2D eigenvalue weighted by molar-refractivity contribution is 5.40. The smallest absolute Gasteiger partial charge is 0.125 e. The summed E-state index contributed by atoms with van der Waals surface area (Å²) in [6.45, 7) is 1.06. The van der Waals surface area contributed by atoms with Gasteiger partial charge in [0.05, 0.1) is 7.11 Å². The molecule has 0 fully saturated rings. The molecule has 0 unspecified atom stereocenters. The number of methoxy groups -OCH3 is 1. The van der Waals surface area contributed by atoms with Crippen LogP contribution in [0.5, 0.6) is 11.5 Å². The molecular formula is C12H19NO2. The highest BCUT2D eigenvalue weighted by Crippen LogP contribution is 2.24. The predicted octanol–water partition coefficient (Wildman–Crippen LogP) is 1.90. The molecule has 1 aromatic rings. The Bertz CT molecular complexity index is 310. The van der Waals surface area contributed by atoms with E-state index in [0.717, 1.165) is 30.7 Å². The molecule has 0 radical (unpaired) electrons. The van der Waals surface area contributed by atoms with E-state index in [2.05, 4.69) is 19.0 Å². The van der Waals surface area contributed by atoms with Crippen LogP contribution in [0.3, 0.4) is 0 Å². The van der Waals surface area contributed by atoms with Gasteiger partial charge >= 0.3 is 0 Å². The summed E-state index contributed by atoms with van der Waals surface area (Å²) in [6.07, 6.45) is 2.07. The van der Waals surface area contributed by atoms with Crippen molar-refractivity contribution >= 4 is 0 Å². The number of benzene rings is 1. The first-order valence-electron chi connectivity index (χ1n) is 5.14. The summed E-state index contributed by atoms with van der Waals surface area (Å²) in [5.41, 5.74) is 1.15. The topological polar surface area (TPSA) is 32.7 Å². The third kappa shape index (κ3) is 3.80. The maximum atomic E-state index is 9.29. The van der Waals surface area contributed by atoms with Crippen molar-refractivity contribution in [2.24, 2.45) is 0 Å². The third-order valence-electron chi connectivity index (χ3n) is 2.32. The van der Waals surface area contributed by atoms with Gasteiger partial charge in [0.1, 0.15) is 11.5 Å². The molecule has 15 heavy (non-hydrogen) atoms. The zero-order valence-corrected chi connectivity index (χ0v) is 9.66. The zero-order valence-electron chi connectivity index (χ0n) is 9.66. The summed E-state index contributed by atoms with van der Waals surface area (Å²) in [7, 11) is 5.76. The van der Waals surface area contributed by atoms with E-state index in [9.17, 15) is 5.11 Å². The van der Waals surface area contributed by atoms with Gasteiger partial charge in [0.15, 0.2) is 0 Å². The van der Waals surface area contributed by atoms with Gasteiger partial charge in [-0.2, -0.15) is 0 Å². The standard InChI is InChI=1S/C12H19NO2/c1-13(2)8-4-5-10-6-7-11(14)9-12(10)15-3/h6-7,9,14H,4-5,8H2,1-3H3. The largest absolute Gasteiger partial charge is 0.508 e. The molecular weight excluding hydrogens is 190 g/mol. The Hall–Kier alpha value is -1.22. The van der Waals surface area contributed by atoms with Crippen LogP contribution in [-0.2, 0) is 6.42 Å².